The van der Waals surface area contributed by atoms with Crippen LogP contribution in [0.5, 0.6) is 17.6 Å². The Bertz CT molecular complexity index is 9170. The molecule has 6 aromatic carbocycles. The van der Waals surface area contributed by atoms with E-state index < -0.39 is 0 Å². The second-order valence-electron chi connectivity index (χ2n) is 38.0. The number of fused-ring (bicyclic) bond motifs is 12. The lowest BCUT2D eigenvalue weighted by Crippen LogP contribution is -2.31. The second-order valence-corrected chi connectivity index (χ2v) is 38.0. The van der Waals surface area contributed by atoms with Crippen LogP contribution in [0.2, 0.25) is 0 Å². The van der Waals surface area contributed by atoms with Crippen molar-refractivity contribution in [3.8, 4) is 17.6 Å². The minimum absolute atomic E-state index is 0.0856. The Morgan fingerprint density at radius 1 is 0.420 bits per heavy atom. The number of aryl methyl sites for hydroxylation is 7. The van der Waals surface area contributed by atoms with E-state index in [1.807, 2.05) is 225 Å². The molecule has 1 saturated heterocycles. The van der Waals surface area contributed by atoms with Gasteiger partial charge in [-0.05, 0) is 242 Å². The highest BCUT2D eigenvalue weighted by Gasteiger charge is 2.34. The smallest absolute Gasteiger partial charge is 0.241 e. The molecule has 20 heterocycles. The minimum Gasteiger partial charge on any atom is -0.481 e. The standard InChI is InChI=1S/C20H20N6O.C19H17N7O2.C18H18N6O.C17H18N6O.C17H16N6.C17H18N6/c1-12-5-8-18(27)26(12)20-14-7-6-13(10-17(14)25(2)24-20)23-16-11-22-15-4-3-9-21-19(15)16;1-11-8-13(28-25-11)10-27-19-14-6-5-12(9-16(14)26(2)24-19)21-18-17-15(22-23-18)4-3-7-20-17;1-24-14-9-11(5-6-12(14)16(23-24)10-3-4-10)19-18-17-13(21-22-18)7-8-15(20-17)25-2;1-10(2)24-17-12-7-6-11(9-14(12)23(3)22-17)19-16-15-13(20-21-16)5-4-8-18-15;1-23-14-9-11(6-7-12(14)15(22-23)10-4-5-10)19-17-13-3-2-8-18-16(13)20-21-17;1-10(2)15-12-7-6-11(9-14(12)23(3)22-15)19-17-16-13(20-21-17)5-4-8-18-16/h3-4,6-7,9-12,22-23H,5,8H2,1-2H3;3-9H,10H2,1-2H3,(H2,21,22,23);5-10H,3-4H2,1-2H3,(H2,19,21,22);4-10H,1-3H3,(H2,19,20,21);2-3,6-10H,4-5H2,1H3,(H2,18,19,20,21);4-10H,1-3H3,(H2,19,20,21). The van der Waals surface area contributed by atoms with Gasteiger partial charge in [-0.3, -0.25) is 83.2 Å². The Morgan fingerprint density at radius 3 is 1.37 bits per heavy atom. The van der Waals surface area contributed by atoms with Crippen LogP contribution in [0.3, 0.4) is 0 Å². The Labute approximate surface area is 854 Å². The number of pyridine rings is 6. The van der Waals surface area contributed by atoms with Crippen LogP contribution in [-0.4, -0.2) is 175 Å². The van der Waals surface area contributed by atoms with Gasteiger partial charge in [-0.1, -0.05) is 19.0 Å². The van der Waals surface area contributed by atoms with Gasteiger partial charge in [0.2, 0.25) is 23.5 Å². The molecule has 42 heteroatoms. The van der Waals surface area contributed by atoms with Gasteiger partial charge in [0.1, 0.15) is 33.4 Å². The molecule has 42 nitrogen and oxygen atoms in total. The first kappa shape index (κ1) is 94.4. The van der Waals surface area contributed by atoms with Gasteiger partial charge < -0.3 is 55.6 Å². The first-order valence-corrected chi connectivity index (χ1v) is 49.5. The number of ether oxygens (including phenoxy) is 3. The van der Waals surface area contributed by atoms with Gasteiger partial charge in [-0.2, -0.15) is 45.9 Å². The molecule has 0 radical (unpaired) electrons. The molecule has 3 aliphatic rings. The van der Waals surface area contributed by atoms with Crippen molar-refractivity contribution in [1.29, 1.82) is 0 Å². The van der Waals surface area contributed by atoms with Gasteiger partial charge in [0, 0.05) is 172 Å². The molecule has 19 aromatic heterocycles. The van der Waals surface area contributed by atoms with Crippen molar-refractivity contribution in [2.24, 2.45) is 42.3 Å². The molecule has 0 spiro atoms. The third kappa shape index (κ3) is 19.1. The molecule has 150 heavy (non-hydrogen) atoms. The molecule has 2 aliphatic carbocycles. The van der Waals surface area contributed by atoms with Gasteiger partial charge in [-0.15, -0.1) is 10.2 Å². The second kappa shape index (κ2) is 39.7. The van der Waals surface area contributed by atoms with E-state index in [1.54, 1.807) is 42.8 Å². The molecule has 2 saturated carbocycles. The van der Waals surface area contributed by atoms with Crippen LogP contribution in [0.25, 0.3) is 132 Å². The van der Waals surface area contributed by atoms with E-state index in [-0.39, 0.29) is 24.7 Å². The van der Waals surface area contributed by atoms with Crippen LogP contribution >= 0.6 is 0 Å². The molecule has 1 atom stereocenters. The predicted molar refractivity (Wildman–Crippen MR) is 582 cm³/mol. The lowest BCUT2D eigenvalue weighted by molar-refractivity contribution is -0.117. The summed E-state index contributed by atoms with van der Waals surface area (Å²) in [4.78, 5) is 43.6. The molecular formula is C108H107N37O5. The molecular weight excluding hydrogens is 1900 g/mol. The number of carbonyl (C=O) groups is 1. The van der Waals surface area contributed by atoms with Crippen molar-refractivity contribution < 1.29 is 23.5 Å². The third-order valence-electron chi connectivity index (χ3n) is 26.6. The van der Waals surface area contributed by atoms with Crippen LogP contribution in [0.15, 0.2) is 230 Å². The zero-order valence-electron chi connectivity index (χ0n) is 84.4. The summed E-state index contributed by atoms with van der Waals surface area (Å²) in [7, 11) is 13.3. The van der Waals surface area contributed by atoms with Crippen molar-refractivity contribution in [3.63, 3.8) is 0 Å². The number of carbonyl (C=O) groups excluding carboxylic acids is 1. The normalized spacial score (nSPS) is 13.5. The van der Waals surface area contributed by atoms with Crippen LogP contribution in [0, 0.1) is 6.92 Å². The molecule has 3 fully saturated rings. The highest BCUT2D eigenvalue weighted by atomic mass is 16.5. The number of amides is 1. The van der Waals surface area contributed by atoms with Gasteiger partial charge in [-0.25, -0.2) is 9.97 Å². The quantitative estimate of drug-likeness (QED) is 0.0300. The maximum absolute atomic E-state index is 12.3. The lowest BCUT2D eigenvalue weighted by atomic mass is 10.1. The Balaban J connectivity index is 0.0000000988. The summed E-state index contributed by atoms with van der Waals surface area (Å²) in [5.74, 6) is 8.65. The molecule has 754 valence electrons. The Kier molecular flexibility index (Phi) is 25.0. The van der Waals surface area contributed by atoms with E-state index in [2.05, 4.69) is 225 Å². The summed E-state index contributed by atoms with van der Waals surface area (Å²) < 4.78 is 33.3. The average Bonchev–Trinajstić information content (AvgIpc) is 1.63. The molecule has 1 unspecified atom stereocenters. The summed E-state index contributed by atoms with van der Waals surface area (Å²) in [5.41, 5.74) is 26.6. The number of methoxy groups -OCH3 is 1. The van der Waals surface area contributed by atoms with E-state index in [0.717, 1.165) is 185 Å². The number of anilines is 13. The average molecular weight is 2000 g/mol. The number of hydrogen-bond acceptors (Lipinski definition) is 29. The van der Waals surface area contributed by atoms with Crippen LogP contribution in [0.1, 0.15) is 119 Å². The summed E-state index contributed by atoms with van der Waals surface area (Å²) in [6.45, 7) is 12.5. The predicted octanol–water partition coefficient (Wildman–Crippen LogP) is 21.2. The van der Waals surface area contributed by atoms with E-state index in [0.29, 0.717) is 70.7 Å². The molecule has 1 aliphatic heterocycles. The summed E-state index contributed by atoms with van der Waals surface area (Å²) in [6, 6.07) is 62.0. The number of hydrogen-bond donors (Lipinski definition) is 12. The van der Waals surface area contributed by atoms with Crippen molar-refractivity contribution in [1.82, 2.24) is 150 Å². The number of nitrogens with one attached hydrogen (secondary N) is 12. The molecule has 12 N–H and O–H groups in total. The van der Waals surface area contributed by atoms with Crippen LogP contribution in [0.4, 0.5) is 74.7 Å². The maximum atomic E-state index is 12.3. The molecule has 1 amide bonds. The fraction of sp³-hybridized carbons (Fsp3) is 0.231. The summed E-state index contributed by atoms with van der Waals surface area (Å²) >= 11 is 0. The van der Waals surface area contributed by atoms with Crippen molar-refractivity contribution in [2.75, 3.05) is 43.9 Å². The third-order valence-corrected chi connectivity index (χ3v) is 26.6. The van der Waals surface area contributed by atoms with Crippen LogP contribution < -0.4 is 51.0 Å². The number of H-pyrrole nitrogens is 6. The number of benzene rings is 6. The van der Waals surface area contributed by atoms with Crippen LogP contribution in [-0.2, 0) is 53.7 Å². The van der Waals surface area contributed by atoms with E-state index in [1.165, 1.54) is 53.2 Å². The fourth-order valence-electron chi connectivity index (χ4n) is 18.9. The number of rotatable bonds is 22. The van der Waals surface area contributed by atoms with Crippen molar-refractivity contribution >= 4 is 212 Å². The molecule has 0 bridgehead atoms. The number of aromatic amines is 6. The largest absolute Gasteiger partial charge is 0.481 e. The van der Waals surface area contributed by atoms with Gasteiger partial charge >= 0.3 is 0 Å². The summed E-state index contributed by atoms with van der Waals surface area (Å²) in [6.07, 6.45) is 17.3. The fourth-order valence-corrected chi connectivity index (χ4v) is 18.9. The maximum Gasteiger partial charge on any atom is 0.241 e. The minimum atomic E-state index is 0.0856. The van der Waals surface area contributed by atoms with Gasteiger partial charge in [0.15, 0.2) is 47.1 Å². The Morgan fingerprint density at radius 2 is 0.860 bits per heavy atom. The van der Waals surface area contributed by atoms with Gasteiger partial charge in [0.05, 0.1) is 119 Å². The van der Waals surface area contributed by atoms with E-state index in [4.69, 9.17) is 28.9 Å². The SMILES string of the molecule is CC(C)Oc1nn(C)c2cc(Nc3n[nH]c4cccnc34)ccc12.CC(C)c1nn(C)c2cc(Nc3n[nH]c4cccnc34)ccc12.CC1CCC(=O)N1c1nn(C)c2cc(Nc3c[nH]c4cccnc34)ccc12.COc1ccc2[nH]nc(Nc3ccc4c(C5CC5)nn(C)c4c3)c2n1.Cc1cc(COc2nn(C)c3cc(Nc4n[nH]c5cccnc45)ccc23)on1.Cn1nc(C2CC2)c2ccc(Nc3[nH]nc4ncccc34)cc21. The monoisotopic (exact) mass is 2000 g/mol. The van der Waals surface area contributed by atoms with Crippen molar-refractivity contribution in [2.45, 2.75) is 117 Å². The van der Waals surface area contributed by atoms with Gasteiger partial charge in [0.25, 0.3) is 0 Å². The first-order valence-electron chi connectivity index (χ1n) is 49.5. The zero-order valence-corrected chi connectivity index (χ0v) is 84.4. The number of aromatic nitrogens is 30. The summed E-state index contributed by atoms with van der Waals surface area (Å²) in [5, 5.41) is 95.5. The zero-order chi connectivity index (χ0) is 103. The van der Waals surface area contributed by atoms with E-state index >= 15 is 0 Å². The number of nitrogens with zero attached hydrogens (tertiary/aromatic N) is 25. The molecule has 25 aromatic rings. The lowest BCUT2D eigenvalue weighted by Gasteiger charge is -2.19. The van der Waals surface area contributed by atoms with E-state index in [9.17, 15) is 4.79 Å². The topological polar surface area (TPSA) is 490 Å². The highest BCUT2D eigenvalue weighted by molar-refractivity contribution is 6.05. The van der Waals surface area contributed by atoms with Crippen molar-refractivity contribution in [3.05, 3.63) is 254 Å². The highest BCUT2D eigenvalue weighted by Crippen LogP contribution is 2.46. The first-order chi connectivity index (χ1) is 73.0. The Hall–Kier alpha value is -19.2. The molecule has 28 rings (SSSR count).